The summed E-state index contributed by atoms with van der Waals surface area (Å²) in [6.45, 7) is 4.59. The van der Waals surface area contributed by atoms with E-state index in [-0.39, 0.29) is 36.9 Å². The normalized spacial score (nSPS) is 21.1. The van der Waals surface area contributed by atoms with E-state index >= 15 is 0 Å². The van der Waals surface area contributed by atoms with Crippen LogP contribution in [0.25, 0.3) is 0 Å². The van der Waals surface area contributed by atoms with Crippen LogP contribution in [0.4, 0.5) is 4.79 Å². The van der Waals surface area contributed by atoms with Gasteiger partial charge in [0.1, 0.15) is 17.5 Å². The SMILES string of the molecule is COc1cc(CN2C[C@H](CC(N)=O)N(C(=O)NC3CCCC3)[C@@H](CC(C)C)C2=O)cc(OC)c1. The number of amides is 4. The lowest BCUT2D eigenvalue weighted by atomic mass is 9.94. The predicted octanol–water partition coefficient (Wildman–Crippen LogP) is 2.66. The third-order valence-corrected chi connectivity index (χ3v) is 6.59. The Bertz CT molecular complexity index is 862. The molecule has 9 heteroatoms. The molecule has 1 aliphatic carbocycles. The van der Waals surface area contributed by atoms with Gasteiger partial charge in [0, 0.05) is 31.6 Å². The number of urea groups is 1. The van der Waals surface area contributed by atoms with Crippen molar-refractivity contribution in [2.24, 2.45) is 11.7 Å². The highest BCUT2D eigenvalue weighted by Crippen LogP contribution is 2.29. The first-order valence-corrected chi connectivity index (χ1v) is 12.1. The smallest absolute Gasteiger partial charge is 0.318 e. The van der Waals surface area contributed by atoms with Gasteiger partial charge in [-0.2, -0.15) is 0 Å². The Labute approximate surface area is 201 Å². The lowest BCUT2D eigenvalue weighted by Crippen LogP contribution is -2.66. The largest absolute Gasteiger partial charge is 0.497 e. The molecule has 0 bridgehead atoms. The third-order valence-electron chi connectivity index (χ3n) is 6.59. The number of methoxy groups -OCH3 is 2. The van der Waals surface area contributed by atoms with Crippen molar-refractivity contribution in [3.63, 3.8) is 0 Å². The number of hydrogen-bond acceptors (Lipinski definition) is 5. The van der Waals surface area contributed by atoms with Crippen LogP contribution in [-0.4, -0.2) is 66.5 Å². The first-order valence-electron chi connectivity index (χ1n) is 12.1. The quantitative estimate of drug-likeness (QED) is 0.571. The molecule has 9 nitrogen and oxygen atoms in total. The van der Waals surface area contributed by atoms with Crippen LogP contribution in [0.15, 0.2) is 18.2 Å². The van der Waals surface area contributed by atoms with E-state index in [1.165, 1.54) is 0 Å². The number of carbonyl (C=O) groups is 3. The van der Waals surface area contributed by atoms with E-state index in [1.54, 1.807) is 30.1 Å². The molecule has 188 valence electrons. The number of ether oxygens (including phenoxy) is 2. The Morgan fingerprint density at radius 1 is 1.12 bits per heavy atom. The minimum Gasteiger partial charge on any atom is -0.497 e. The Kier molecular flexibility index (Phi) is 8.63. The van der Waals surface area contributed by atoms with Gasteiger partial charge in [0.15, 0.2) is 0 Å². The van der Waals surface area contributed by atoms with Gasteiger partial charge in [0.05, 0.1) is 20.3 Å². The van der Waals surface area contributed by atoms with Gasteiger partial charge in [-0.3, -0.25) is 9.59 Å². The minimum atomic E-state index is -0.660. The summed E-state index contributed by atoms with van der Waals surface area (Å²) in [6.07, 6.45) is 4.55. The molecule has 0 radical (unpaired) electrons. The zero-order valence-electron chi connectivity index (χ0n) is 20.7. The summed E-state index contributed by atoms with van der Waals surface area (Å²) in [7, 11) is 3.15. The molecule has 0 aromatic heterocycles. The highest BCUT2D eigenvalue weighted by molar-refractivity contribution is 5.89. The summed E-state index contributed by atoms with van der Waals surface area (Å²) in [4.78, 5) is 42.3. The molecular weight excluding hydrogens is 436 g/mol. The lowest BCUT2D eigenvalue weighted by Gasteiger charge is -2.46. The topological polar surface area (TPSA) is 114 Å². The Hall–Kier alpha value is -2.97. The maximum Gasteiger partial charge on any atom is 0.318 e. The second-order valence-corrected chi connectivity index (χ2v) is 9.75. The average molecular weight is 475 g/mol. The minimum absolute atomic E-state index is 0.00209. The molecule has 1 aromatic carbocycles. The van der Waals surface area contributed by atoms with Crippen molar-refractivity contribution in [1.82, 2.24) is 15.1 Å². The summed E-state index contributed by atoms with van der Waals surface area (Å²) >= 11 is 0. The zero-order valence-corrected chi connectivity index (χ0v) is 20.7. The number of carbonyl (C=O) groups excluding carboxylic acids is 3. The van der Waals surface area contributed by atoms with E-state index < -0.39 is 18.0 Å². The first kappa shape index (κ1) is 25.6. The van der Waals surface area contributed by atoms with Crippen molar-refractivity contribution in [3.8, 4) is 11.5 Å². The molecule has 3 N–H and O–H groups in total. The monoisotopic (exact) mass is 474 g/mol. The number of nitrogens with zero attached hydrogens (tertiary/aromatic N) is 2. The summed E-state index contributed by atoms with van der Waals surface area (Å²) in [5.74, 6) is 0.816. The summed E-state index contributed by atoms with van der Waals surface area (Å²) in [5, 5.41) is 3.10. The van der Waals surface area contributed by atoms with Crippen LogP contribution in [0.5, 0.6) is 11.5 Å². The van der Waals surface area contributed by atoms with E-state index in [0.717, 1.165) is 31.2 Å². The molecule has 2 aliphatic rings. The van der Waals surface area contributed by atoms with Crippen LogP contribution < -0.4 is 20.5 Å². The van der Waals surface area contributed by atoms with Gasteiger partial charge in [-0.05, 0) is 42.9 Å². The van der Waals surface area contributed by atoms with Gasteiger partial charge >= 0.3 is 6.03 Å². The Morgan fingerprint density at radius 2 is 1.74 bits per heavy atom. The van der Waals surface area contributed by atoms with Gasteiger partial charge in [-0.25, -0.2) is 4.79 Å². The molecule has 4 amide bonds. The molecule has 2 fully saturated rings. The lowest BCUT2D eigenvalue weighted by molar-refractivity contribution is -0.145. The van der Waals surface area contributed by atoms with Crippen LogP contribution in [0, 0.1) is 5.92 Å². The first-order chi connectivity index (χ1) is 16.2. The maximum atomic E-state index is 13.7. The van der Waals surface area contributed by atoms with Crippen molar-refractivity contribution < 1.29 is 23.9 Å². The van der Waals surface area contributed by atoms with Gasteiger partial charge in [0.2, 0.25) is 11.8 Å². The van der Waals surface area contributed by atoms with Crippen molar-refractivity contribution in [2.45, 2.75) is 77.0 Å². The van der Waals surface area contributed by atoms with Crippen LogP contribution in [-0.2, 0) is 16.1 Å². The zero-order chi connectivity index (χ0) is 24.8. The number of nitrogens with one attached hydrogen (secondary N) is 1. The van der Waals surface area contributed by atoms with Crippen molar-refractivity contribution in [2.75, 3.05) is 20.8 Å². The molecule has 1 saturated carbocycles. The number of piperazine rings is 1. The highest BCUT2D eigenvalue weighted by Gasteiger charge is 2.44. The highest BCUT2D eigenvalue weighted by atomic mass is 16.5. The average Bonchev–Trinajstić information content (AvgIpc) is 3.28. The number of benzene rings is 1. The maximum absolute atomic E-state index is 13.7. The number of rotatable bonds is 9. The fourth-order valence-corrected chi connectivity index (χ4v) is 5.02. The molecule has 3 rings (SSSR count). The fraction of sp³-hybridized carbons (Fsp3) is 0.640. The molecule has 2 atom stereocenters. The van der Waals surface area contributed by atoms with Crippen LogP contribution in [0.2, 0.25) is 0 Å². The summed E-state index contributed by atoms with van der Waals surface area (Å²) in [5.41, 5.74) is 6.41. The molecule has 1 aromatic rings. The Morgan fingerprint density at radius 3 is 2.26 bits per heavy atom. The molecule has 1 heterocycles. The molecule has 0 unspecified atom stereocenters. The van der Waals surface area contributed by atoms with Crippen molar-refractivity contribution in [3.05, 3.63) is 23.8 Å². The second-order valence-electron chi connectivity index (χ2n) is 9.75. The van der Waals surface area contributed by atoms with E-state index in [0.29, 0.717) is 24.5 Å². The molecule has 1 saturated heterocycles. The van der Waals surface area contributed by atoms with Gasteiger partial charge < -0.3 is 30.3 Å². The van der Waals surface area contributed by atoms with E-state index in [4.69, 9.17) is 15.2 Å². The van der Waals surface area contributed by atoms with Crippen LogP contribution >= 0.6 is 0 Å². The second kappa shape index (κ2) is 11.4. The number of hydrogen-bond donors (Lipinski definition) is 2. The number of primary amides is 1. The van der Waals surface area contributed by atoms with Crippen molar-refractivity contribution in [1.29, 1.82) is 0 Å². The fourth-order valence-electron chi connectivity index (χ4n) is 5.02. The standard InChI is InChI=1S/C25H38N4O5/c1-16(2)9-22-24(31)28(14-17-10-20(33-3)13-21(11-17)34-4)15-19(12-23(26)30)29(22)25(32)27-18-7-5-6-8-18/h10-11,13,16,18-19,22H,5-9,12,14-15H2,1-4H3,(H2,26,30)(H,27,32)/t19-,22-/m0/s1. The predicted molar refractivity (Wildman–Crippen MR) is 128 cm³/mol. The molecular formula is C25H38N4O5. The number of nitrogens with two attached hydrogens (primary N) is 1. The molecule has 1 aliphatic heterocycles. The third kappa shape index (κ3) is 6.33. The molecule has 34 heavy (non-hydrogen) atoms. The van der Waals surface area contributed by atoms with E-state index in [9.17, 15) is 14.4 Å². The van der Waals surface area contributed by atoms with Crippen molar-refractivity contribution >= 4 is 17.8 Å². The Balaban J connectivity index is 1.89. The van der Waals surface area contributed by atoms with Gasteiger partial charge in [-0.15, -0.1) is 0 Å². The van der Waals surface area contributed by atoms with Gasteiger partial charge in [0.25, 0.3) is 0 Å². The van der Waals surface area contributed by atoms with Gasteiger partial charge in [-0.1, -0.05) is 26.7 Å². The summed E-state index contributed by atoms with van der Waals surface area (Å²) in [6, 6.07) is 4.16. The van der Waals surface area contributed by atoms with Crippen LogP contribution in [0.3, 0.4) is 0 Å². The van der Waals surface area contributed by atoms with Crippen LogP contribution in [0.1, 0.15) is 57.9 Å². The summed E-state index contributed by atoms with van der Waals surface area (Å²) < 4.78 is 10.7. The molecule has 0 spiro atoms. The van der Waals surface area contributed by atoms with E-state index in [1.807, 2.05) is 26.0 Å². The van der Waals surface area contributed by atoms with E-state index in [2.05, 4.69) is 5.32 Å².